The molecule has 0 saturated heterocycles. The fourth-order valence-electron chi connectivity index (χ4n) is 1.80. The summed E-state index contributed by atoms with van der Waals surface area (Å²) < 4.78 is 0. The van der Waals surface area contributed by atoms with Gasteiger partial charge < -0.3 is 0 Å². The Kier molecular flexibility index (Phi) is 3.53. The first-order chi connectivity index (χ1) is 9.75. The standard InChI is InChI=1S/C13H9N3O2S2/c17-9(12(18)13-14-7-15-16-13)6-11-8(3-5-20-11)10-2-1-4-19-10/h1-5,7H,6H2,(H,14,15,16). The normalized spacial score (nSPS) is 10.6. The molecule has 0 aliphatic heterocycles. The first-order valence-corrected chi connectivity index (χ1v) is 7.55. The second kappa shape index (κ2) is 5.48. The Hall–Kier alpha value is -2.12. The molecule has 7 heteroatoms. The third-order valence-corrected chi connectivity index (χ3v) is 4.56. The minimum Gasteiger partial charge on any atom is -0.290 e. The first-order valence-electron chi connectivity index (χ1n) is 5.79. The van der Waals surface area contributed by atoms with Crippen LogP contribution in [-0.2, 0) is 11.2 Å². The second-order valence-electron chi connectivity index (χ2n) is 4.00. The summed E-state index contributed by atoms with van der Waals surface area (Å²) in [5.74, 6) is -1.13. The van der Waals surface area contributed by atoms with Crippen LogP contribution in [0.15, 0.2) is 35.3 Å². The monoisotopic (exact) mass is 303 g/mol. The Bertz CT molecular complexity index is 730. The highest BCUT2D eigenvalue weighted by Gasteiger charge is 2.21. The van der Waals surface area contributed by atoms with Crippen molar-refractivity contribution >= 4 is 34.2 Å². The lowest BCUT2D eigenvalue weighted by molar-refractivity contribution is -0.114. The van der Waals surface area contributed by atoms with E-state index in [2.05, 4.69) is 15.2 Å². The van der Waals surface area contributed by atoms with Gasteiger partial charge in [0.25, 0.3) is 5.78 Å². The molecule has 0 unspecified atom stereocenters. The molecule has 0 saturated carbocycles. The van der Waals surface area contributed by atoms with E-state index in [4.69, 9.17) is 0 Å². The maximum absolute atomic E-state index is 12.0. The summed E-state index contributed by atoms with van der Waals surface area (Å²) in [6.07, 6.45) is 1.30. The van der Waals surface area contributed by atoms with Crippen LogP contribution in [0.5, 0.6) is 0 Å². The largest absolute Gasteiger partial charge is 0.290 e. The van der Waals surface area contributed by atoms with Crippen LogP contribution < -0.4 is 0 Å². The summed E-state index contributed by atoms with van der Waals surface area (Å²) in [7, 11) is 0. The fraction of sp³-hybridized carbons (Fsp3) is 0.0769. The molecule has 0 amide bonds. The average molecular weight is 303 g/mol. The van der Waals surface area contributed by atoms with Crippen molar-refractivity contribution < 1.29 is 9.59 Å². The van der Waals surface area contributed by atoms with Crippen molar-refractivity contribution in [3.05, 3.63) is 46.0 Å². The molecule has 1 N–H and O–H groups in total. The SMILES string of the molecule is O=C(Cc1sccc1-c1cccs1)C(=O)c1ncn[nH]1. The van der Waals surface area contributed by atoms with Gasteiger partial charge in [0.1, 0.15) is 6.33 Å². The van der Waals surface area contributed by atoms with Crippen molar-refractivity contribution in [2.45, 2.75) is 6.42 Å². The predicted molar refractivity (Wildman–Crippen MR) is 77.1 cm³/mol. The van der Waals surface area contributed by atoms with E-state index in [1.54, 1.807) is 11.3 Å². The van der Waals surface area contributed by atoms with Gasteiger partial charge in [-0.2, -0.15) is 5.10 Å². The van der Waals surface area contributed by atoms with E-state index in [9.17, 15) is 9.59 Å². The third kappa shape index (κ3) is 2.45. The van der Waals surface area contributed by atoms with Crippen LogP contribution in [0.1, 0.15) is 15.5 Å². The van der Waals surface area contributed by atoms with Crippen molar-refractivity contribution in [2.75, 3.05) is 0 Å². The van der Waals surface area contributed by atoms with Crippen molar-refractivity contribution in [3.63, 3.8) is 0 Å². The molecule has 0 aromatic carbocycles. The lowest BCUT2D eigenvalue weighted by atomic mass is 10.1. The lowest BCUT2D eigenvalue weighted by Gasteiger charge is -2.00. The molecule has 0 radical (unpaired) electrons. The van der Waals surface area contributed by atoms with E-state index < -0.39 is 11.6 Å². The minimum atomic E-state index is -0.631. The van der Waals surface area contributed by atoms with Gasteiger partial charge in [-0.3, -0.25) is 14.7 Å². The van der Waals surface area contributed by atoms with Gasteiger partial charge in [-0.25, -0.2) is 4.98 Å². The lowest BCUT2D eigenvalue weighted by Crippen LogP contribution is -2.17. The van der Waals surface area contributed by atoms with Crippen LogP contribution in [0.4, 0.5) is 0 Å². The summed E-state index contributed by atoms with van der Waals surface area (Å²) in [6, 6.07) is 5.93. The van der Waals surface area contributed by atoms with Crippen LogP contribution in [0.25, 0.3) is 10.4 Å². The number of carbonyl (C=O) groups excluding carboxylic acids is 2. The number of rotatable bonds is 5. The molecule has 100 valence electrons. The van der Waals surface area contributed by atoms with Gasteiger partial charge in [-0.15, -0.1) is 22.7 Å². The number of aromatic amines is 1. The van der Waals surface area contributed by atoms with Gasteiger partial charge in [0.05, 0.1) is 0 Å². The number of Topliss-reactive ketones (excluding diaryl/α,β-unsaturated/α-hetero) is 2. The van der Waals surface area contributed by atoms with Gasteiger partial charge in [-0.1, -0.05) is 6.07 Å². The molecule has 3 heterocycles. The number of H-pyrrole nitrogens is 1. The van der Waals surface area contributed by atoms with E-state index in [1.165, 1.54) is 17.7 Å². The topological polar surface area (TPSA) is 75.7 Å². The molecule has 0 atom stereocenters. The summed E-state index contributed by atoms with van der Waals surface area (Å²) in [5, 5.41) is 9.90. The predicted octanol–water partition coefficient (Wildman–Crippen LogP) is 2.59. The molecule has 0 spiro atoms. The van der Waals surface area contributed by atoms with Gasteiger partial charge >= 0.3 is 0 Å². The number of nitrogens with zero attached hydrogens (tertiary/aromatic N) is 2. The van der Waals surface area contributed by atoms with Crippen molar-refractivity contribution in [1.82, 2.24) is 15.2 Å². The highest BCUT2D eigenvalue weighted by molar-refractivity contribution is 7.14. The van der Waals surface area contributed by atoms with Gasteiger partial charge in [0, 0.05) is 21.7 Å². The first kappa shape index (κ1) is 12.9. The molecule has 3 rings (SSSR count). The molecule has 0 fully saturated rings. The van der Waals surface area contributed by atoms with Gasteiger partial charge in [0.2, 0.25) is 5.78 Å². The molecule has 3 aromatic heterocycles. The average Bonchev–Trinajstić information content (AvgIpc) is 3.19. The Morgan fingerprint density at radius 1 is 1.20 bits per heavy atom. The highest BCUT2D eigenvalue weighted by atomic mass is 32.1. The maximum atomic E-state index is 12.0. The molecule has 3 aromatic rings. The molecule has 0 aliphatic rings. The van der Waals surface area contributed by atoms with Crippen molar-refractivity contribution in [3.8, 4) is 10.4 Å². The summed E-state index contributed by atoms with van der Waals surface area (Å²) >= 11 is 3.09. The maximum Gasteiger partial charge on any atom is 0.265 e. The van der Waals surface area contributed by atoms with Crippen LogP contribution >= 0.6 is 22.7 Å². The van der Waals surface area contributed by atoms with Crippen LogP contribution in [0, 0.1) is 0 Å². The summed E-state index contributed by atoms with van der Waals surface area (Å²) in [6.45, 7) is 0. The molecular weight excluding hydrogens is 294 g/mol. The number of ketones is 2. The molecule has 0 bridgehead atoms. The Labute approximate surface area is 122 Å². The van der Waals surface area contributed by atoms with Gasteiger partial charge in [-0.05, 0) is 22.9 Å². The molecule has 20 heavy (non-hydrogen) atoms. The number of carbonyl (C=O) groups is 2. The number of hydrogen-bond donors (Lipinski definition) is 1. The minimum absolute atomic E-state index is 0.00997. The fourth-order valence-corrected chi connectivity index (χ4v) is 3.53. The Morgan fingerprint density at radius 3 is 2.80 bits per heavy atom. The zero-order valence-electron chi connectivity index (χ0n) is 10.2. The van der Waals surface area contributed by atoms with Crippen LogP contribution in [-0.4, -0.2) is 26.7 Å². The van der Waals surface area contributed by atoms with Gasteiger partial charge in [0.15, 0.2) is 5.82 Å². The van der Waals surface area contributed by atoms with Crippen LogP contribution in [0.3, 0.4) is 0 Å². The Balaban J connectivity index is 1.81. The quantitative estimate of drug-likeness (QED) is 0.580. The van der Waals surface area contributed by atoms with E-state index in [1.807, 2.05) is 29.0 Å². The number of aromatic nitrogens is 3. The zero-order chi connectivity index (χ0) is 13.9. The zero-order valence-corrected chi connectivity index (χ0v) is 11.8. The number of hydrogen-bond acceptors (Lipinski definition) is 6. The van der Waals surface area contributed by atoms with Crippen molar-refractivity contribution in [2.24, 2.45) is 0 Å². The molecule has 0 aliphatic carbocycles. The van der Waals surface area contributed by atoms with E-state index >= 15 is 0 Å². The second-order valence-corrected chi connectivity index (χ2v) is 5.95. The number of nitrogens with one attached hydrogen (secondary N) is 1. The Morgan fingerprint density at radius 2 is 2.10 bits per heavy atom. The molecule has 5 nitrogen and oxygen atoms in total. The van der Waals surface area contributed by atoms with E-state index in [-0.39, 0.29) is 12.2 Å². The summed E-state index contributed by atoms with van der Waals surface area (Å²) in [4.78, 5) is 29.6. The summed E-state index contributed by atoms with van der Waals surface area (Å²) in [5.41, 5.74) is 1.02. The number of thiophene rings is 2. The van der Waals surface area contributed by atoms with Crippen molar-refractivity contribution in [1.29, 1.82) is 0 Å². The molecular formula is C13H9N3O2S2. The van der Waals surface area contributed by atoms with E-state index in [0.717, 1.165) is 15.3 Å². The smallest absolute Gasteiger partial charge is 0.265 e. The highest BCUT2D eigenvalue weighted by Crippen LogP contribution is 2.32. The van der Waals surface area contributed by atoms with Crippen LogP contribution in [0.2, 0.25) is 0 Å². The third-order valence-electron chi connectivity index (χ3n) is 2.74. The van der Waals surface area contributed by atoms with E-state index in [0.29, 0.717) is 0 Å².